The first-order valence-corrected chi connectivity index (χ1v) is 8.84. The summed E-state index contributed by atoms with van der Waals surface area (Å²) in [5, 5.41) is 2.80. The molecular formula is C15H22NO6P. The molecule has 128 valence electrons. The Morgan fingerprint density at radius 1 is 1.22 bits per heavy atom. The number of phosphoric ester groups is 1. The molecule has 2 N–H and O–H groups in total. The maximum Gasteiger partial charge on any atom is 0.471 e. The molecular weight excluding hydrogens is 321 g/mol. The molecule has 0 saturated carbocycles. The second-order valence-electron chi connectivity index (χ2n) is 4.89. The van der Waals surface area contributed by atoms with E-state index >= 15 is 0 Å². The topological polar surface area (TPSA) is 102 Å². The summed E-state index contributed by atoms with van der Waals surface area (Å²) in [6.07, 6.45) is 3.88. The predicted octanol–water partition coefficient (Wildman–Crippen LogP) is 2.55. The van der Waals surface area contributed by atoms with E-state index in [-0.39, 0.29) is 12.5 Å². The Morgan fingerprint density at radius 3 is 2.48 bits per heavy atom. The molecule has 1 amide bonds. The van der Waals surface area contributed by atoms with Crippen molar-refractivity contribution in [3.63, 3.8) is 0 Å². The Hall–Kier alpha value is -1.53. The van der Waals surface area contributed by atoms with Crippen LogP contribution < -0.4 is 5.32 Å². The normalized spacial score (nSPS) is 13.3. The minimum absolute atomic E-state index is 0.164. The average Bonchev–Trinajstić information content (AvgIpc) is 2.57. The average molecular weight is 343 g/mol. The van der Waals surface area contributed by atoms with Crippen LogP contribution in [0.15, 0.2) is 24.3 Å². The summed E-state index contributed by atoms with van der Waals surface area (Å²) in [6.45, 7) is 0.711. The van der Waals surface area contributed by atoms with Crippen LogP contribution in [0.4, 0.5) is 0 Å². The highest BCUT2D eigenvalue weighted by atomic mass is 31.2. The van der Waals surface area contributed by atoms with Crippen molar-refractivity contribution in [3.05, 3.63) is 35.4 Å². The maximum atomic E-state index is 11.8. The molecule has 1 aromatic rings. The molecule has 7 nitrogen and oxygen atoms in total. The van der Waals surface area contributed by atoms with Crippen molar-refractivity contribution in [2.24, 2.45) is 0 Å². The maximum absolute atomic E-state index is 11.8. The van der Waals surface area contributed by atoms with Gasteiger partial charge in [0.25, 0.3) is 5.91 Å². The van der Waals surface area contributed by atoms with Gasteiger partial charge in [0.15, 0.2) is 0 Å². The van der Waals surface area contributed by atoms with E-state index in [2.05, 4.69) is 9.84 Å². The molecule has 0 bridgehead atoms. The molecule has 0 heterocycles. The van der Waals surface area contributed by atoms with E-state index < -0.39 is 7.82 Å². The number of phosphoric acid groups is 1. The third-order valence-corrected chi connectivity index (χ3v) is 4.12. The van der Waals surface area contributed by atoms with Gasteiger partial charge >= 0.3 is 7.82 Å². The predicted molar refractivity (Wildman–Crippen MR) is 85.4 cm³/mol. The van der Waals surface area contributed by atoms with Gasteiger partial charge in [-0.3, -0.25) is 18.6 Å². The van der Waals surface area contributed by atoms with Crippen molar-refractivity contribution in [1.29, 1.82) is 0 Å². The molecule has 0 fully saturated rings. The smallest absolute Gasteiger partial charge is 0.352 e. The Kier molecular flexibility index (Phi) is 8.73. The number of amides is 1. The van der Waals surface area contributed by atoms with Crippen molar-refractivity contribution in [3.8, 4) is 0 Å². The number of rotatable bonds is 11. The number of hydrogen-bond acceptors (Lipinski definition) is 5. The number of unbranched alkanes of at least 4 members (excludes halogenated alkanes) is 3. The van der Waals surface area contributed by atoms with Gasteiger partial charge in [-0.05, 0) is 25.0 Å². The Bertz CT molecular complexity index is 545. The third-order valence-electron chi connectivity index (χ3n) is 3.15. The van der Waals surface area contributed by atoms with Crippen molar-refractivity contribution in [1.82, 2.24) is 5.32 Å². The fourth-order valence-corrected chi connectivity index (χ4v) is 2.30. The van der Waals surface area contributed by atoms with Gasteiger partial charge in [-0.15, -0.1) is 0 Å². The highest BCUT2D eigenvalue weighted by Gasteiger charge is 2.17. The molecule has 1 aromatic carbocycles. The first-order chi connectivity index (χ1) is 11.0. The molecule has 0 saturated heterocycles. The van der Waals surface area contributed by atoms with Crippen LogP contribution in [0.1, 0.15) is 46.4 Å². The van der Waals surface area contributed by atoms with Gasteiger partial charge in [-0.25, -0.2) is 4.57 Å². The lowest BCUT2D eigenvalue weighted by Gasteiger charge is -2.09. The number of nitrogens with one attached hydrogen (secondary N) is 1. The number of hydrogen-bond donors (Lipinski definition) is 2. The van der Waals surface area contributed by atoms with E-state index in [9.17, 15) is 14.2 Å². The van der Waals surface area contributed by atoms with Crippen molar-refractivity contribution in [2.75, 3.05) is 20.3 Å². The fraction of sp³-hybridized carbons (Fsp3) is 0.467. The van der Waals surface area contributed by atoms with E-state index in [4.69, 9.17) is 9.42 Å². The summed E-state index contributed by atoms with van der Waals surface area (Å²) < 4.78 is 20.0. The molecule has 0 spiro atoms. The molecule has 0 aliphatic heterocycles. The summed E-state index contributed by atoms with van der Waals surface area (Å²) in [6, 6.07) is 6.42. The molecule has 0 aliphatic carbocycles. The van der Waals surface area contributed by atoms with Crippen molar-refractivity contribution in [2.45, 2.75) is 25.7 Å². The van der Waals surface area contributed by atoms with Crippen LogP contribution in [0, 0.1) is 0 Å². The zero-order valence-electron chi connectivity index (χ0n) is 13.1. The number of benzene rings is 1. The minimum Gasteiger partial charge on any atom is -0.352 e. The highest BCUT2D eigenvalue weighted by molar-refractivity contribution is 7.47. The molecule has 8 heteroatoms. The van der Waals surface area contributed by atoms with E-state index in [1.165, 1.54) is 0 Å². The van der Waals surface area contributed by atoms with Gasteiger partial charge in [0.2, 0.25) is 0 Å². The van der Waals surface area contributed by atoms with Crippen molar-refractivity contribution < 1.29 is 28.1 Å². The Morgan fingerprint density at radius 2 is 1.87 bits per heavy atom. The van der Waals surface area contributed by atoms with Gasteiger partial charge in [-0.2, -0.15) is 0 Å². The van der Waals surface area contributed by atoms with Crippen LogP contribution in [0.25, 0.3) is 0 Å². The first-order valence-electron chi connectivity index (χ1n) is 7.35. The van der Waals surface area contributed by atoms with E-state index in [0.29, 0.717) is 24.1 Å². The molecule has 1 unspecified atom stereocenters. The largest absolute Gasteiger partial charge is 0.471 e. The molecule has 23 heavy (non-hydrogen) atoms. The van der Waals surface area contributed by atoms with Crippen molar-refractivity contribution >= 4 is 20.0 Å². The van der Waals surface area contributed by atoms with E-state index in [0.717, 1.165) is 32.7 Å². The van der Waals surface area contributed by atoms with Crippen LogP contribution in [-0.2, 0) is 13.6 Å². The number of carbonyl (C=O) groups excluding carboxylic acids is 2. The Balaban J connectivity index is 2.09. The van der Waals surface area contributed by atoms with E-state index in [1.807, 2.05) is 0 Å². The monoisotopic (exact) mass is 343 g/mol. The van der Waals surface area contributed by atoms with Crippen LogP contribution in [0.2, 0.25) is 0 Å². The lowest BCUT2D eigenvalue weighted by Crippen LogP contribution is -2.24. The number of aldehydes is 1. The first kappa shape index (κ1) is 19.5. The minimum atomic E-state index is -3.87. The second kappa shape index (κ2) is 10.3. The SMILES string of the molecule is COP(=O)(O)OCCCCCCNC(=O)c1ccc(C=O)cc1. The summed E-state index contributed by atoms with van der Waals surface area (Å²) in [5.41, 5.74) is 1.05. The zero-order valence-corrected chi connectivity index (χ0v) is 14.0. The van der Waals surface area contributed by atoms with Crippen LogP contribution in [-0.4, -0.2) is 37.3 Å². The molecule has 0 aromatic heterocycles. The lowest BCUT2D eigenvalue weighted by molar-refractivity contribution is 0.0952. The van der Waals surface area contributed by atoms with Crippen LogP contribution in [0.5, 0.6) is 0 Å². The zero-order chi connectivity index (χ0) is 17.1. The molecule has 1 rings (SSSR count). The highest BCUT2D eigenvalue weighted by Crippen LogP contribution is 2.41. The quantitative estimate of drug-likeness (QED) is 0.364. The second-order valence-corrected chi connectivity index (χ2v) is 6.45. The molecule has 0 radical (unpaired) electrons. The summed E-state index contributed by atoms with van der Waals surface area (Å²) in [7, 11) is -2.75. The van der Waals surface area contributed by atoms with Crippen LogP contribution >= 0.6 is 7.82 Å². The summed E-state index contributed by atoms with van der Waals surface area (Å²) >= 11 is 0. The number of carbonyl (C=O) groups is 2. The fourth-order valence-electron chi connectivity index (χ4n) is 1.83. The van der Waals surface area contributed by atoms with Crippen LogP contribution in [0.3, 0.4) is 0 Å². The lowest BCUT2D eigenvalue weighted by atomic mass is 10.1. The standard InChI is InChI=1S/C15H22NO6P/c1-21-23(19,20)22-11-5-3-2-4-10-16-15(18)14-8-6-13(12-17)7-9-14/h6-9,12H,2-5,10-11H2,1H3,(H,16,18)(H,19,20). The van der Waals surface area contributed by atoms with Gasteiger partial charge in [0, 0.05) is 24.8 Å². The Labute approximate surface area is 135 Å². The van der Waals surface area contributed by atoms with E-state index in [1.54, 1.807) is 24.3 Å². The third kappa shape index (κ3) is 8.04. The van der Waals surface area contributed by atoms with Gasteiger partial charge in [0.1, 0.15) is 6.29 Å². The molecule has 0 aliphatic rings. The van der Waals surface area contributed by atoms with Gasteiger partial charge < -0.3 is 10.2 Å². The summed E-state index contributed by atoms with van der Waals surface area (Å²) in [4.78, 5) is 31.4. The van der Waals surface area contributed by atoms with Gasteiger partial charge in [-0.1, -0.05) is 25.0 Å². The molecule has 1 atom stereocenters. The van der Waals surface area contributed by atoms with Gasteiger partial charge in [0.05, 0.1) is 6.61 Å². The summed E-state index contributed by atoms with van der Waals surface area (Å²) in [5.74, 6) is -0.174.